The molecule has 0 N–H and O–H groups in total. The van der Waals surface area contributed by atoms with Crippen molar-refractivity contribution in [1.29, 1.82) is 0 Å². The molecule has 4 rings (SSSR count). The third kappa shape index (κ3) is 2.96. The van der Waals surface area contributed by atoms with Crippen LogP contribution in [0.1, 0.15) is 41.5 Å². The highest BCUT2D eigenvalue weighted by atomic mass is 16.5. The molecule has 126 valence electrons. The molecule has 5 nitrogen and oxygen atoms in total. The summed E-state index contributed by atoms with van der Waals surface area (Å²) in [6.07, 6.45) is 3.10. The summed E-state index contributed by atoms with van der Waals surface area (Å²) < 4.78 is 5.21. The van der Waals surface area contributed by atoms with Crippen LogP contribution in [0.3, 0.4) is 0 Å². The van der Waals surface area contributed by atoms with Crippen molar-refractivity contribution in [3.63, 3.8) is 0 Å². The van der Waals surface area contributed by atoms with E-state index in [1.54, 1.807) is 0 Å². The molecular weight excluding hydrogens is 302 g/mol. The summed E-state index contributed by atoms with van der Waals surface area (Å²) in [5.74, 6) is 1.05. The fourth-order valence-electron chi connectivity index (χ4n) is 3.88. The maximum Gasteiger partial charge on any atom is 0.237 e. The first-order valence-corrected chi connectivity index (χ1v) is 8.72. The third-order valence-electron chi connectivity index (χ3n) is 5.17. The van der Waals surface area contributed by atoms with Crippen molar-refractivity contribution in [1.82, 2.24) is 15.0 Å². The number of aryl methyl sites for hydroxylation is 1. The van der Waals surface area contributed by atoms with Gasteiger partial charge in [0.25, 0.3) is 0 Å². The Morgan fingerprint density at radius 1 is 1.29 bits per heavy atom. The van der Waals surface area contributed by atoms with Crippen molar-refractivity contribution in [2.75, 3.05) is 19.6 Å². The first-order chi connectivity index (χ1) is 11.7. The second kappa shape index (κ2) is 6.40. The van der Waals surface area contributed by atoms with Gasteiger partial charge in [-0.05, 0) is 43.9 Å². The Bertz CT molecular complexity index is 740. The quantitative estimate of drug-likeness (QED) is 0.870. The fourth-order valence-corrected chi connectivity index (χ4v) is 3.88. The molecule has 0 saturated carbocycles. The van der Waals surface area contributed by atoms with Gasteiger partial charge in [-0.15, -0.1) is 0 Å². The van der Waals surface area contributed by atoms with E-state index < -0.39 is 0 Å². The number of nitrogens with zero attached hydrogens (tertiary/aromatic N) is 3. The fraction of sp³-hybridized carbons (Fsp3) is 0.474. The summed E-state index contributed by atoms with van der Waals surface area (Å²) in [4.78, 5) is 17.0. The summed E-state index contributed by atoms with van der Waals surface area (Å²) in [6.45, 7) is 4.88. The molecule has 2 aliphatic heterocycles. The number of likely N-dealkylation sites (tertiary alicyclic amines) is 1. The Morgan fingerprint density at radius 3 is 2.92 bits per heavy atom. The van der Waals surface area contributed by atoms with Gasteiger partial charge in [0.15, 0.2) is 0 Å². The van der Waals surface area contributed by atoms with Crippen molar-refractivity contribution >= 4 is 5.91 Å². The van der Waals surface area contributed by atoms with Gasteiger partial charge < -0.3 is 9.42 Å². The average Bonchev–Trinajstić information content (AvgIpc) is 3.23. The molecule has 1 atom stereocenters. The second-order valence-corrected chi connectivity index (χ2v) is 6.82. The van der Waals surface area contributed by atoms with Crippen LogP contribution in [0.15, 0.2) is 34.9 Å². The molecule has 2 aromatic rings. The third-order valence-corrected chi connectivity index (χ3v) is 5.17. The Morgan fingerprint density at radius 2 is 2.12 bits per heavy atom. The van der Waals surface area contributed by atoms with Crippen LogP contribution in [0.5, 0.6) is 0 Å². The SMILES string of the molecule is Cc1cc([C@@H]2CCCN2CC(=O)N2CCc3ccccc3C2)no1. The van der Waals surface area contributed by atoms with E-state index in [1.807, 2.05) is 17.9 Å². The Kier molecular flexibility index (Phi) is 4.10. The molecule has 0 unspecified atom stereocenters. The summed E-state index contributed by atoms with van der Waals surface area (Å²) in [7, 11) is 0. The number of benzene rings is 1. The highest BCUT2D eigenvalue weighted by Crippen LogP contribution is 2.31. The van der Waals surface area contributed by atoms with Gasteiger partial charge in [-0.2, -0.15) is 0 Å². The summed E-state index contributed by atoms with van der Waals surface area (Å²) >= 11 is 0. The summed E-state index contributed by atoms with van der Waals surface area (Å²) in [5.41, 5.74) is 3.61. The van der Waals surface area contributed by atoms with Crippen molar-refractivity contribution in [3.05, 3.63) is 52.9 Å². The van der Waals surface area contributed by atoms with Crippen molar-refractivity contribution < 1.29 is 9.32 Å². The van der Waals surface area contributed by atoms with Crippen LogP contribution >= 0.6 is 0 Å². The molecule has 5 heteroatoms. The molecule has 0 radical (unpaired) electrons. The molecule has 0 spiro atoms. The highest BCUT2D eigenvalue weighted by Gasteiger charge is 2.31. The monoisotopic (exact) mass is 325 g/mol. The molecule has 2 aliphatic rings. The summed E-state index contributed by atoms with van der Waals surface area (Å²) in [6, 6.07) is 10.6. The molecule has 3 heterocycles. The van der Waals surface area contributed by atoms with Crippen LogP contribution in [0, 0.1) is 6.92 Å². The minimum absolute atomic E-state index is 0.212. The number of fused-ring (bicyclic) bond motifs is 1. The highest BCUT2D eigenvalue weighted by molar-refractivity contribution is 5.78. The second-order valence-electron chi connectivity index (χ2n) is 6.82. The lowest BCUT2D eigenvalue weighted by Crippen LogP contribution is -2.42. The van der Waals surface area contributed by atoms with Gasteiger partial charge in [-0.1, -0.05) is 29.4 Å². The van der Waals surface area contributed by atoms with Crippen LogP contribution in [0.4, 0.5) is 0 Å². The number of carbonyl (C=O) groups excluding carboxylic acids is 1. The molecule has 0 aliphatic carbocycles. The van der Waals surface area contributed by atoms with E-state index in [-0.39, 0.29) is 11.9 Å². The van der Waals surface area contributed by atoms with Gasteiger partial charge in [-0.3, -0.25) is 9.69 Å². The molecule has 24 heavy (non-hydrogen) atoms. The number of amides is 1. The number of aromatic nitrogens is 1. The average molecular weight is 325 g/mol. The first-order valence-electron chi connectivity index (χ1n) is 8.72. The predicted molar refractivity (Wildman–Crippen MR) is 90.4 cm³/mol. The summed E-state index contributed by atoms with van der Waals surface area (Å²) in [5, 5.41) is 4.16. The molecule has 1 aromatic carbocycles. The van der Waals surface area contributed by atoms with E-state index >= 15 is 0 Å². The van der Waals surface area contributed by atoms with Gasteiger partial charge in [0, 0.05) is 19.2 Å². The van der Waals surface area contributed by atoms with Gasteiger partial charge in [0.2, 0.25) is 5.91 Å². The first kappa shape index (κ1) is 15.4. The standard InChI is InChI=1S/C19H23N3O2/c1-14-11-17(20-24-14)18-7-4-9-21(18)13-19(23)22-10-8-15-5-2-3-6-16(15)12-22/h2-3,5-6,11,18H,4,7-10,12-13H2,1H3/t18-/m0/s1. The topological polar surface area (TPSA) is 49.6 Å². The Labute approximate surface area is 142 Å². The lowest BCUT2D eigenvalue weighted by atomic mass is 10.00. The Balaban J connectivity index is 1.42. The van der Waals surface area contributed by atoms with E-state index in [9.17, 15) is 4.79 Å². The van der Waals surface area contributed by atoms with E-state index in [0.717, 1.165) is 50.4 Å². The molecule has 1 aromatic heterocycles. The van der Waals surface area contributed by atoms with Crippen molar-refractivity contribution in [2.45, 2.75) is 38.8 Å². The van der Waals surface area contributed by atoms with Gasteiger partial charge in [-0.25, -0.2) is 0 Å². The molecule has 0 bridgehead atoms. The molecular formula is C19H23N3O2. The van der Waals surface area contributed by atoms with Crippen LogP contribution in [-0.4, -0.2) is 40.5 Å². The van der Waals surface area contributed by atoms with Crippen LogP contribution < -0.4 is 0 Å². The smallest absolute Gasteiger partial charge is 0.237 e. The maximum absolute atomic E-state index is 12.8. The number of carbonyl (C=O) groups is 1. The van der Waals surface area contributed by atoms with Crippen LogP contribution in [0.25, 0.3) is 0 Å². The van der Waals surface area contributed by atoms with Gasteiger partial charge in [0.1, 0.15) is 11.5 Å². The van der Waals surface area contributed by atoms with E-state index in [2.05, 4.69) is 34.3 Å². The van der Waals surface area contributed by atoms with Gasteiger partial charge >= 0.3 is 0 Å². The zero-order valence-corrected chi connectivity index (χ0v) is 14.1. The molecule has 1 fully saturated rings. The lowest BCUT2D eigenvalue weighted by Gasteiger charge is -2.31. The van der Waals surface area contributed by atoms with E-state index in [4.69, 9.17) is 4.52 Å². The van der Waals surface area contributed by atoms with Crippen LogP contribution in [-0.2, 0) is 17.8 Å². The maximum atomic E-state index is 12.8. The minimum Gasteiger partial charge on any atom is -0.361 e. The lowest BCUT2D eigenvalue weighted by molar-refractivity contribution is -0.133. The number of hydrogen-bond acceptors (Lipinski definition) is 4. The normalized spacial score (nSPS) is 21.0. The zero-order valence-electron chi connectivity index (χ0n) is 14.1. The largest absolute Gasteiger partial charge is 0.361 e. The van der Waals surface area contributed by atoms with Crippen molar-refractivity contribution in [3.8, 4) is 0 Å². The number of hydrogen-bond donors (Lipinski definition) is 0. The minimum atomic E-state index is 0.212. The zero-order chi connectivity index (χ0) is 16.5. The Hall–Kier alpha value is -2.14. The van der Waals surface area contributed by atoms with E-state index in [1.165, 1.54) is 11.1 Å². The molecule has 1 saturated heterocycles. The van der Waals surface area contributed by atoms with Gasteiger partial charge in [0.05, 0.1) is 12.6 Å². The number of rotatable bonds is 3. The van der Waals surface area contributed by atoms with E-state index in [0.29, 0.717) is 6.54 Å². The predicted octanol–water partition coefficient (Wildman–Crippen LogP) is 2.70. The van der Waals surface area contributed by atoms with Crippen LogP contribution in [0.2, 0.25) is 0 Å². The van der Waals surface area contributed by atoms with Crippen molar-refractivity contribution in [2.24, 2.45) is 0 Å². The molecule has 1 amide bonds.